The zero-order chi connectivity index (χ0) is 21.6. The molecule has 0 saturated carbocycles. The Morgan fingerprint density at radius 3 is 2.77 bits per heavy atom. The van der Waals surface area contributed by atoms with Crippen molar-refractivity contribution in [1.82, 2.24) is 9.55 Å². The number of hydrogen-bond donors (Lipinski definition) is 1. The minimum Gasteiger partial charge on any atom is -0.495 e. The predicted molar refractivity (Wildman–Crippen MR) is 125 cm³/mol. The molecule has 0 spiro atoms. The van der Waals surface area contributed by atoms with E-state index in [9.17, 15) is 9.59 Å². The molecule has 0 aliphatic carbocycles. The molecule has 1 aliphatic rings. The number of nitrogens with zero attached hydrogens (tertiary/aromatic N) is 2. The lowest BCUT2D eigenvalue weighted by atomic mass is 10.1. The summed E-state index contributed by atoms with van der Waals surface area (Å²) in [4.78, 5) is 31.1. The van der Waals surface area contributed by atoms with Crippen LogP contribution in [-0.4, -0.2) is 34.1 Å². The fourth-order valence-electron chi connectivity index (χ4n) is 3.38. The smallest absolute Gasteiger partial charge is 0.268 e. The van der Waals surface area contributed by atoms with E-state index in [-0.39, 0.29) is 17.2 Å². The number of amides is 1. The van der Waals surface area contributed by atoms with Crippen molar-refractivity contribution in [2.24, 2.45) is 0 Å². The molecular weight excluding hydrogens is 430 g/mol. The molecule has 2 heterocycles. The van der Waals surface area contributed by atoms with Crippen molar-refractivity contribution >= 4 is 35.1 Å². The van der Waals surface area contributed by atoms with Crippen molar-refractivity contribution in [3.8, 4) is 5.75 Å². The van der Waals surface area contributed by atoms with E-state index in [2.05, 4.69) is 5.32 Å². The van der Waals surface area contributed by atoms with Gasteiger partial charge in [0.1, 0.15) is 5.75 Å². The first kappa shape index (κ1) is 21.5. The summed E-state index contributed by atoms with van der Waals surface area (Å²) < 4.78 is 7.00. The van der Waals surface area contributed by atoms with Crippen LogP contribution >= 0.6 is 23.5 Å². The number of fused-ring (bicyclic) bond motifs is 1. The summed E-state index contributed by atoms with van der Waals surface area (Å²) in [6, 6.07) is 17.3. The number of hydrogen-bond acceptors (Lipinski definition) is 6. The standard InChI is InChI=1S/C23H23N3O3S2/c1-29-19-10-6-5-9-17(19)24-20(27)15-31-23-25-18-12-14-30-21(18)22(28)26(23)13-11-16-7-3-2-4-8-16/h2-10H,11-15H2,1H3,(H,24,27). The van der Waals surface area contributed by atoms with Crippen LogP contribution in [0, 0.1) is 0 Å². The number of thioether (sulfide) groups is 2. The molecule has 3 aromatic rings. The lowest BCUT2D eigenvalue weighted by Crippen LogP contribution is -2.27. The summed E-state index contributed by atoms with van der Waals surface area (Å²) in [5, 5.41) is 3.47. The maximum atomic E-state index is 13.1. The van der Waals surface area contributed by atoms with Gasteiger partial charge in [-0.15, -0.1) is 11.8 Å². The average molecular weight is 454 g/mol. The van der Waals surface area contributed by atoms with Crippen LogP contribution in [-0.2, 0) is 24.2 Å². The number of nitrogens with one attached hydrogen (secondary N) is 1. The number of methoxy groups -OCH3 is 1. The Labute approximate surface area is 189 Å². The van der Waals surface area contributed by atoms with E-state index >= 15 is 0 Å². The van der Waals surface area contributed by atoms with Crippen molar-refractivity contribution in [2.75, 3.05) is 23.9 Å². The van der Waals surface area contributed by atoms with Crippen molar-refractivity contribution in [3.63, 3.8) is 0 Å². The van der Waals surface area contributed by atoms with Gasteiger partial charge in [-0.3, -0.25) is 14.2 Å². The maximum Gasteiger partial charge on any atom is 0.268 e. The van der Waals surface area contributed by atoms with Gasteiger partial charge in [0.05, 0.1) is 29.1 Å². The second kappa shape index (κ2) is 10.1. The topological polar surface area (TPSA) is 73.2 Å². The summed E-state index contributed by atoms with van der Waals surface area (Å²) in [7, 11) is 1.57. The van der Waals surface area contributed by atoms with Gasteiger partial charge in [0.15, 0.2) is 5.16 Å². The van der Waals surface area contributed by atoms with Gasteiger partial charge in [0.2, 0.25) is 5.91 Å². The Balaban J connectivity index is 1.51. The highest BCUT2D eigenvalue weighted by atomic mass is 32.2. The van der Waals surface area contributed by atoms with Crippen molar-refractivity contribution < 1.29 is 9.53 Å². The van der Waals surface area contributed by atoms with Crippen molar-refractivity contribution in [1.29, 1.82) is 0 Å². The van der Waals surface area contributed by atoms with E-state index in [4.69, 9.17) is 9.72 Å². The first-order valence-electron chi connectivity index (χ1n) is 10.0. The van der Waals surface area contributed by atoms with Gasteiger partial charge in [-0.1, -0.05) is 54.2 Å². The van der Waals surface area contributed by atoms with Crippen molar-refractivity contribution in [3.05, 3.63) is 76.2 Å². The number of carbonyl (C=O) groups is 1. The average Bonchev–Trinajstić information content (AvgIpc) is 3.27. The monoisotopic (exact) mass is 453 g/mol. The molecule has 6 nitrogen and oxygen atoms in total. The minimum atomic E-state index is -0.173. The Morgan fingerprint density at radius 2 is 1.97 bits per heavy atom. The van der Waals surface area contributed by atoms with Crippen LogP contribution in [0.4, 0.5) is 5.69 Å². The summed E-state index contributed by atoms with van der Waals surface area (Å²) in [6.07, 6.45) is 1.52. The molecular formula is C23H23N3O3S2. The SMILES string of the molecule is COc1ccccc1NC(=O)CSc1nc2c(c(=O)n1CCc1ccccc1)SCC2. The van der Waals surface area contributed by atoms with Gasteiger partial charge in [-0.05, 0) is 24.1 Å². The fraction of sp³-hybridized carbons (Fsp3) is 0.261. The number of aryl methyl sites for hydroxylation is 2. The fourth-order valence-corrected chi connectivity index (χ4v) is 5.27. The number of carbonyl (C=O) groups excluding carboxylic acids is 1. The molecule has 0 unspecified atom stereocenters. The lowest BCUT2D eigenvalue weighted by Gasteiger charge is -2.14. The first-order chi connectivity index (χ1) is 15.2. The molecule has 2 aromatic carbocycles. The highest BCUT2D eigenvalue weighted by Crippen LogP contribution is 2.29. The van der Waals surface area contributed by atoms with Crippen molar-refractivity contribution in [2.45, 2.75) is 29.4 Å². The van der Waals surface area contributed by atoms with Crippen LogP contribution in [0.1, 0.15) is 11.3 Å². The number of rotatable bonds is 8. The first-order valence-corrected chi connectivity index (χ1v) is 12.0. The van der Waals surface area contributed by atoms with Crippen LogP contribution in [0.15, 0.2) is 69.4 Å². The molecule has 0 fully saturated rings. The van der Waals surface area contributed by atoms with Crippen LogP contribution in [0.2, 0.25) is 0 Å². The lowest BCUT2D eigenvalue weighted by molar-refractivity contribution is -0.113. The van der Waals surface area contributed by atoms with Gasteiger partial charge >= 0.3 is 0 Å². The minimum absolute atomic E-state index is 0.00364. The second-order valence-corrected chi connectivity index (χ2v) is 9.05. The molecule has 1 amide bonds. The van der Waals surface area contributed by atoms with Gasteiger partial charge in [-0.2, -0.15) is 0 Å². The van der Waals surface area contributed by atoms with Crippen LogP contribution < -0.4 is 15.6 Å². The largest absolute Gasteiger partial charge is 0.495 e. The van der Waals surface area contributed by atoms with Gasteiger partial charge in [0.25, 0.3) is 5.56 Å². The molecule has 1 aliphatic heterocycles. The van der Waals surface area contributed by atoms with Crippen LogP contribution in [0.25, 0.3) is 0 Å². The third-order valence-electron chi connectivity index (χ3n) is 4.93. The molecule has 31 heavy (non-hydrogen) atoms. The molecule has 0 saturated heterocycles. The second-order valence-electron chi connectivity index (χ2n) is 7.00. The van der Waals surface area contributed by atoms with Gasteiger partial charge < -0.3 is 10.1 Å². The van der Waals surface area contributed by atoms with E-state index in [1.165, 1.54) is 11.8 Å². The molecule has 4 rings (SSSR count). The van der Waals surface area contributed by atoms with E-state index in [0.29, 0.717) is 23.1 Å². The normalized spacial score (nSPS) is 12.4. The Hall–Kier alpha value is -2.71. The zero-order valence-corrected chi connectivity index (χ0v) is 18.8. The zero-order valence-electron chi connectivity index (χ0n) is 17.2. The highest BCUT2D eigenvalue weighted by molar-refractivity contribution is 8.00. The van der Waals surface area contributed by atoms with E-state index in [0.717, 1.165) is 34.7 Å². The van der Waals surface area contributed by atoms with E-state index < -0.39 is 0 Å². The highest BCUT2D eigenvalue weighted by Gasteiger charge is 2.22. The maximum absolute atomic E-state index is 13.1. The number of anilines is 1. The van der Waals surface area contributed by atoms with Crippen LogP contribution in [0.5, 0.6) is 5.75 Å². The molecule has 1 aromatic heterocycles. The molecule has 0 radical (unpaired) electrons. The third-order valence-corrected chi connectivity index (χ3v) is 7.01. The number of ether oxygens (including phenoxy) is 1. The number of benzene rings is 2. The van der Waals surface area contributed by atoms with Gasteiger partial charge in [-0.25, -0.2) is 4.98 Å². The predicted octanol–water partition coefficient (Wildman–Crippen LogP) is 3.87. The number of para-hydroxylation sites is 2. The van der Waals surface area contributed by atoms with Crippen LogP contribution in [0.3, 0.4) is 0 Å². The molecule has 1 N–H and O–H groups in total. The summed E-state index contributed by atoms with van der Waals surface area (Å²) in [6.45, 7) is 0.528. The molecule has 0 bridgehead atoms. The summed E-state index contributed by atoms with van der Waals surface area (Å²) >= 11 is 2.86. The molecule has 8 heteroatoms. The van der Waals surface area contributed by atoms with E-state index in [1.807, 2.05) is 42.5 Å². The van der Waals surface area contributed by atoms with Gasteiger partial charge in [0, 0.05) is 18.7 Å². The molecule has 160 valence electrons. The summed E-state index contributed by atoms with van der Waals surface area (Å²) in [5.74, 6) is 1.46. The quantitative estimate of drug-likeness (QED) is 0.412. The Bertz CT molecular complexity index is 1130. The summed E-state index contributed by atoms with van der Waals surface area (Å²) in [5.41, 5.74) is 2.62. The third kappa shape index (κ3) is 5.14. The van der Waals surface area contributed by atoms with E-state index in [1.54, 1.807) is 35.6 Å². The molecule has 0 atom stereocenters. The Kier molecular flexibility index (Phi) is 6.99. The number of aromatic nitrogens is 2. The Morgan fingerprint density at radius 1 is 1.19 bits per heavy atom.